The number of rotatable bonds is 5. The second-order valence-electron chi connectivity index (χ2n) is 5.28. The van der Waals surface area contributed by atoms with Crippen LogP contribution in [-0.4, -0.2) is 18.7 Å². The van der Waals surface area contributed by atoms with Crippen molar-refractivity contribution in [3.8, 4) is 5.75 Å². The van der Waals surface area contributed by atoms with Gasteiger partial charge in [0.2, 0.25) is 0 Å². The van der Waals surface area contributed by atoms with Crippen molar-refractivity contribution in [2.45, 2.75) is 18.9 Å². The molecule has 0 saturated carbocycles. The smallest absolute Gasteiger partial charge is 0.330 e. The third-order valence-electron chi connectivity index (χ3n) is 3.57. The molecule has 0 saturated heterocycles. The molecule has 1 aliphatic heterocycles. The van der Waals surface area contributed by atoms with Crippen LogP contribution in [0.3, 0.4) is 0 Å². The minimum atomic E-state index is -0.294. The van der Waals surface area contributed by atoms with Gasteiger partial charge in [0.1, 0.15) is 18.5 Å². The molecule has 2 aromatic rings. The SMILES string of the molecule is O=C1C=CC[C@H](COc2ccccc2Cc2ccccc2)O1. The first-order valence-electron chi connectivity index (χ1n) is 7.43. The van der Waals surface area contributed by atoms with E-state index in [1.165, 1.54) is 11.6 Å². The van der Waals surface area contributed by atoms with E-state index in [0.717, 1.165) is 17.7 Å². The highest BCUT2D eigenvalue weighted by atomic mass is 16.6. The van der Waals surface area contributed by atoms with E-state index >= 15 is 0 Å². The van der Waals surface area contributed by atoms with Gasteiger partial charge in [-0.25, -0.2) is 4.79 Å². The molecule has 3 heteroatoms. The predicted octanol–water partition coefficient (Wildman–Crippen LogP) is 3.53. The zero-order valence-electron chi connectivity index (χ0n) is 12.3. The van der Waals surface area contributed by atoms with Crippen molar-refractivity contribution in [1.29, 1.82) is 0 Å². The standard InChI is InChI=1S/C19H18O3/c20-19-12-6-10-17(22-19)14-21-18-11-5-4-9-16(18)13-15-7-2-1-3-8-15/h1-9,11-12,17H,10,13-14H2/t17-/m1/s1. The van der Waals surface area contributed by atoms with E-state index in [1.54, 1.807) is 0 Å². The van der Waals surface area contributed by atoms with Crippen LogP contribution in [0.2, 0.25) is 0 Å². The van der Waals surface area contributed by atoms with E-state index in [2.05, 4.69) is 18.2 Å². The zero-order valence-corrected chi connectivity index (χ0v) is 12.3. The van der Waals surface area contributed by atoms with Gasteiger partial charge in [-0.2, -0.15) is 0 Å². The highest BCUT2D eigenvalue weighted by molar-refractivity contribution is 5.82. The molecule has 0 aromatic heterocycles. The van der Waals surface area contributed by atoms with Crippen molar-refractivity contribution in [2.75, 3.05) is 6.61 Å². The minimum Gasteiger partial charge on any atom is -0.489 e. The van der Waals surface area contributed by atoms with Gasteiger partial charge in [-0.3, -0.25) is 0 Å². The first-order valence-corrected chi connectivity index (χ1v) is 7.43. The molecule has 1 heterocycles. The summed E-state index contributed by atoms with van der Waals surface area (Å²) in [4.78, 5) is 11.2. The van der Waals surface area contributed by atoms with Crippen LogP contribution in [-0.2, 0) is 16.0 Å². The molecular weight excluding hydrogens is 276 g/mol. The van der Waals surface area contributed by atoms with Gasteiger partial charge in [0.05, 0.1) is 0 Å². The third kappa shape index (κ3) is 3.76. The van der Waals surface area contributed by atoms with Crippen LogP contribution in [0.4, 0.5) is 0 Å². The molecule has 0 fully saturated rings. The number of esters is 1. The summed E-state index contributed by atoms with van der Waals surface area (Å²) < 4.78 is 11.1. The molecule has 1 aliphatic rings. The van der Waals surface area contributed by atoms with Crippen LogP contribution in [0.5, 0.6) is 5.75 Å². The second kappa shape index (κ2) is 6.94. The Morgan fingerprint density at radius 2 is 1.82 bits per heavy atom. The Bertz CT molecular complexity index is 661. The van der Waals surface area contributed by atoms with Gasteiger partial charge in [0.15, 0.2) is 0 Å². The van der Waals surface area contributed by atoms with E-state index < -0.39 is 0 Å². The van der Waals surface area contributed by atoms with Gasteiger partial charge in [0, 0.05) is 18.9 Å². The molecule has 0 spiro atoms. The van der Waals surface area contributed by atoms with Crippen LogP contribution in [0, 0.1) is 0 Å². The molecule has 0 bridgehead atoms. The molecular formula is C19H18O3. The summed E-state index contributed by atoms with van der Waals surface area (Å²) in [5.41, 5.74) is 2.37. The first kappa shape index (κ1) is 14.4. The largest absolute Gasteiger partial charge is 0.489 e. The first-order chi connectivity index (χ1) is 10.8. The molecule has 0 radical (unpaired) electrons. The lowest BCUT2D eigenvalue weighted by Crippen LogP contribution is -2.26. The third-order valence-corrected chi connectivity index (χ3v) is 3.57. The van der Waals surface area contributed by atoms with Gasteiger partial charge in [-0.15, -0.1) is 0 Å². The van der Waals surface area contributed by atoms with E-state index in [4.69, 9.17) is 9.47 Å². The summed E-state index contributed by atoms with van der Waals surface area (Å²) in [6.07, 6.45) is 4.60. The number of cyclic esters (lactones) is 1. The number of carbonyl (C=O) groups is 1. The van der Waals surface area contributed by atoms with Crippen molar-refractivity contribution in [2.24, 2.45) is 0 Å². The van der Waals surface area contributed by atoms with E-state index in [1.807, 2.05) is 42.5 Å². The van der Waals surface area contributed by atoms with Crippen molar-refractivity contribution in [1.82, 2.24) is 0 Å². The monoisotopic (exact) mass is 294 g/mol. The van der Waals surface area contributed by atoms with E-state index in [-0.39, 0.29) is 12.1 Å². The lowest BCUT2D eigenvalue weighted by atomic mass is 10.0. The summed E-state index contributed by atoms with van der Waals surface area (Å²) >= 11 is 0. The topological polar surface area (TPSA) is 35.5 Å². The molecule has 0 aliphatic carbocycles. The number of benzene rings is 2. The van der Waals surface area contributed by atoms with Crippen LogP contribution in [0.1, 0.15) is 17.5 Å². The Labute approximate surface area is 130 Å². The lowest BCUT2D eigenvalue weighted by Gasteiger charge is -2.20. The van der Waals surface area contributed by atoms with Crippen LogP contribution in [0.15, 0.2) is 66.7 Å². The molecule has 112 valence electrons. The van der Waals surface area contributed by atoms with Crippen molar-refractivity contribution in [3.63, 3.8) is 0 Å². The summed E-state index contributed by atoms with van der Waals surface area (Å²) in [5, 5.41) is 0. The Kier molecular flexibility index (Phi) is 4.54. The van der Waals surface area contributed by atoms with Crippen LogP contribution < -0.4 is 4.74 Å². The average molecular weight is 294 g/mol. The number of hydrogen-bond acceptors (Lipinski definition) is 3. The summed E-state index contributed by atoms with van der Waals surface area (Å²) in [7, 11) is 0. The molecule has 2 aromatic carbocycles. The molecule has 3 rings (SSSR count). The molecule has 0 N–H and O–H groups in total. The normalized spacial score (nSPS) is 17.1. The highest BCUT2D eigenvalue weighted by Crippen LogP contribution is 2.22. The maximum atomic E-state index is 11.2. The Morgan fingerprint density at radius 1 is 1.05 bits per heavy atom. The molecule has 0 amide bonds. The molecule has 22 heavy (non-hydrogen) atoms. The summed E-state index contributed by atoms with van der Waals surface area (Å²) in [6, 6.07) is 18.3. The maximum absolute atomic E-state index is 11.2. The van der Waals surface area contributed by atoms with Crippen molar-refractivity contribution < 1.29 is 14.3 Å². The van der Waals surface area contributed by atoms with Gasteiger partial charge < -0.3 is 9.47 Å². The summed E-state index contributed by atoms with van der Waals surface area (Å²) in [5.74, 6) is 0.550. The fourth-order valence-electron chi connectivity index (χ4n) is 2.46. The Hall–Kier alpha value is -2.55. The molecule has 0 unspecified atom stereocenters. The zero-order chi connectivity index (χ0) is 15.2. The van der Waals surface area contributed by atoms with Gasteiger partial charge in [0.25, 0.3) is 0 Å². The quantitative estimate of drug-likeness (QED) is 0.791. The van der Waals surface area contributed by atoms with Crippen LogP contribution >= 0.6 is 0 Å². The Balaban J connectivity index is 1.66. The van der Waals surface area contributed by atoms with Gasteiger partial charge in [-0.05, 0) is 17.2 Å². The van der Waals surface area contributed by atoms with Crippen molar-refractivity contribution in [3.05, 3.63) is 77.9 Å². The molecule has 1 atom stereocenters. The van der Waals surface area contributed by atoms with Crippen LogP contribution in [0.25, 0.3) is 0 Å². The Morgan fingerprint density at radius 3 is 2.64 bits per heavy atom. The average Bonchev–Trinajstić information content (AvgIpc) is 2.55. The minimum absolute atomic E-state index is 0.206. The van der Waals surface area contributed by atoms with E-state index in [0.29, 0.717) is 13.0 Å². The molecule has 3 nitrogen and oxygen atoms in total. The summed E-state index contributed by atoms with van der Waals surface area (Å²) in [6.45, 7) is 0.377. The number of hydrogen-bond donors (Lipinski definition) is 0. The number of carbonyl (C=O) groups excluding carboxylic acids is 1. The van der Waals surface area contributed by atoms with E-state index in [9.17, 15) is 4.79 Å². The maximum Gasteiger partial charge on any atom is 0.330 e. The second-order valence-corrected chi connectivity index (χ2v) is 5.28. The highest BCUT2D eigenvalue weighted by Gasteiger charge is 2.17. The lowest BCUT2D eigenvalue weighted by molar-refractivity contribution is -0.145. The fourth-order valence-corrected chi connectivity index (χ4v) is 2.46. The fraction of sp³-hybridized carbons (Fsp3) is 0.211. The van der Waals surface area contributed by atoms with Crippen molar-refractivity contribution >= 4 is 5.97 Å². The van der Waals surface area contributed by atoms with Gasteiger partial charge >= 0.3 is 5.97 Å². The number of para-hydroxylation sites is 1. The predicted molar refractivity (Wildman–Crippen MR) is 84.8 cm³/mol. The van der Waals surface area contributed by atoms with Gasteiger partial charge in [-0.1, -0.05) is 54.6 Å². The number of ether oxygens (including phenoxy) is 2.